The monoisotopic (exact) mass is 340 g/mol. The number of carbonyl (C=O) groups is 1. The summed E-state index contributed by atoms with van der Waals surface area (Å²) in [4.78, 5) is 12.5. The van der Waals surface area contributed by atoms with Crippen LogP contribution in [0.5, 0.6) is 0 Å². The fourth-order valence-corrected chi connectivity index (χ4v) is 3.07. The maximum absolute atomic E-state index is 12.5. The molecule has 3 aromatic carbocycles. The molecule has 1 aliphatic heterocycles. The molecule has 0 aliphatic carbocycles. The minimum absolute atomic E-state index is 0.135. The number of aliphatic hydroxyl groups is 1. The van der Waals surface area contributed by atoms with Crippen LogP contribution in [0.3, 0.4) is 0 Å². The lowest BCUT2D eigenvalue weighted by molar-refractivity contribution is -0.131. The fraction of sp³-hybridized carbons (Fsp3) is 0. The molecule has 0 radical (unpaired) electrons. The van der Waals surface area contributed by atoms with Gasteiger partial charge in [0.25, 0.3) is 0 Å². The van der Waals surface area contributed by atoms with Crippen LogP contribution in [0.1, 0.15) is 16.7 Å². The summed E-state index contributed by atoms with van der Waals surface area (Å²) < 4.78 is 5.53. The summed E-state index contributed by atoms with van der Waals surface area (Å²) in [5.74, 6) is -0.497. The van der Waals surface area contributed by atoms with E-state index in [9.17, 15) is 9.90 Å². The van der Waals surface area contributed by atoms with Crippen LogP contribution in [0, 0.1) is 0 Å². The Kier molecular flexibility index (Phi) is 4.12. The van der Waals surface area contributed by atoms with Gasteiger partial charge in [-0.3, -0.25) is 0 Å². The Morgan fingerprint density at radius 3 is 1.65 bits per heavy atom. The first-order valence-electron chi connectivity index (χ1n) is 8.32. The van der Waals surface area contributed by atoms with E-state index in [1.54, 1.807) is 12.1 Å². The average molecular weight is 340 g/mol. The second-order valence-electron chi connectivity index (χ2n) is 5.92. The second-order valence-corrected chi connectivity index (χ2v) is 5.92. The number of carbonyl (C=O) groups excluding carboxylic acids is 1. The number of hydrogen-bond acceptors (Lipinski definition) is 3. The summed E-state index contributed by atoms with van der Waals surface area (Å²) in [6, 6.07) is 28.2. The van der Waals surface area contributed by atoms with Gasteiger partial charge in [-0.1, -0.05) is 91.0 Å². The molecular weight excluding hydrogens is 324 g/mol. The molecule has 3 nitrogen and oxygen atoms in total. The van der Waals surface area contributed by atoms with Crippen molar-refractivity contribution in [3.63, 3.8) is 0 Å². The normalized spacial score (nSPS) is 13.7. The maximum atomic E-state index is 12.5. The number of hydrogen-bond donors (Lipinski definition) is 1. The van der Waals surface area contributed by atoms with Gasteiger partial charge in [-0.25, -0.2) is 4.79 Å². The van der Waals surface area contributed by atoms with Gasteiger partial charge in [0.2, 0.25) is 0 Å². The van der Waals surface area contributed by atoms with Crippen LogP contribution in [0.15, 0.2) is 103 Å². The minimum atomic E-state index is -0.548. The Bertz CT molecular complexity index is 960. The van der Waals surface area contributed by atoms with Crippen molar-refractivity contribution in [1.29, 1.82) is 0 Å². The molecule has 0 unspecified atom stereocenters. The smallest absolute Gasteiger partial charge is 0.348 e. The first kappa shape index (κ1) is 15.9. The molecule has 1 heterocycles. The fourth-order valence-electron chi connectivity index (χ4n) is 3.07. The van der Waals surface area contributed by atoms with E-state index in [-0.39, 0.29) is 17.1 Å². The summed E-state index contributed by atoms with van der Waals surface area (Å²) >= 11 is 0. The van der Waals surface area contributed by atoms with Crippen molar-refractivity contribution < 1.29 is 14.6 Å². The topological polar surface area (TPSA) is 46.5 Å². The van der Waals surface area contributed by atoms with E-state index < -0.39 is 5.97 Å². The number of rotatable bonds is 3. The van der Waals surface area contributed by atoms with Gasteiger partial charge in [0.05, 0.1) is 0 Å². The van der Waals surface area contributed by atoms with Gasteiger partial charge < -0.3 is 9.84 Å². The van der Waals surface area contributed by atoms with Crippen molar-refractivity contribution in [2.24, 2.45) is 0 Å². The Morgan fingerprint density at radius 2 is 1.15 bits per heavy atom. The zero-order chi connectivity index (χ0) is 17.9. The number of ether oxygens (including phenoxy) is 1. The lowest BCUT2D eigenvalue weighted by atomic mass is 9.95. The molecule has 1 aliphatic rings. The zero-order valence-electron chi connectivity index (χ0n) is 13.9. The van der Waals surface area contributed by atoms with E-state index in [1.807, 2.05) is 78.9 Å². The molecular formula is C23H16O3. The van der Waals surface area contributed by atoms with E-state index in [1.165, 1.54) is 0 Å². The summed E-state index contributed by atoms with van der Waals surface area (Å²) in [5, 5.41) is 10.8. The van der Waals surface area contributed by atoms with E-state index in [0.717, 1.165) is 11.1 Å². The van der Waals surface area contributed by atoms with Gasteiger partial charge in [-0.2, -0.15) is 0 Å². The lowest BCUT2D eigenvalue weighted by Crippen LogP contribution is -2.00. The van der Waals surface area contributed by atoms with Gasteiger partial charge >= 0.3 is 5.97 Å². The molecule has 0 spiro atoms. The molecule has 0 fully saturated rings. The third kappa shape index (κ3) is 2.80. The van der Waals surface area contributed by atoms with Crippen molar-refractivity contribution in [2.45, 2.75) is 0 Å². The highest BCUT2D eigenvalue weighted by molar-refractivity contribution is 6.21. The molecule has 3 aromatic rings. The summed E-state index contributed by atoms with van der Waals surface area (Å²) in [6.45, 7) is 0. The molecule has 0 aromatic heterocycles. The molecule has 0 saturated carbocycles. The Morgan fingerprint density at radius 1 is 0.692 bits per heavy atom. The van der Waals surface area contributed by atoms with Crippen LogP contribution in [0.25, 0.3) is 11.1 Å². The van der Waals surface area contributed by atoms with Gasteiger partial charge in [-0.05, 0) is 16.7 Å². The summed E-state index contributed by atoms with van der Waals surface area (Å²) in [6.07, 6.45) is 0. The molecule has 126 valence electrons. The highest BCUT2D eigenvalue weighted by Crippen LogP contribution is 2.38. The first-order valence-corrected chi connectivity index (χ1v) is 8.32. The molecule has 0 bridgehead atoms. The predicted molar refractivity (Wildman–Crippen MR) is 101 cm³/mol. The third-order valence-corrected chi connectivity index (χ3v) is 4.27. The SMILES string of the molecule is O=C1OC(=C(c2ccccc2)c2ccccc2)C(O)=C1c1ccccc1. The molecule has 26 heavy (non-hydrogen) atoms. The summed E-state index contributed by atoms with van der Waals surface area (Å²) in [7, 11) is 0. The molecule has 0 saturated heterocycles. The van der Waals surface area contributed by atoms with Crippen molar-refractivity contribution in [3.8, 4) is 0 Å². The van der Waals surface area contributed by atoms with Crippen molar-refractivity contribution in [1.82, 2.24) is 0 Å². The van der Waals surface area contributed by atoms with E-state index in [4.69, 9.17) is 4.74 Å². The Hall–Kier alpha value is -3.59. The van der Waals surface area contributed by atoms with Crippen molar-refractivity contribution in [2.75, 3.05) is 0 Å². The van der Waals surface area contributed by atoms with Crippen LogP contribution >= 0.6 is 0 Å². The standard InChI is InChI=1S/C23H16O3/c24-21-20(18-14-8-3-9-15-18)23(25)26-22(21)19(16-10-4-1-5-11-16)17-12-6-2-7-13-17/h1-15,24H. The number of esters is 1. The van der Waals surface area contributed by atoms with Gasteiger partial charge in [0, 0.05) is 5.57 Å². The van der Waals surface area contributed by atoms with Crippen LogP contribution in [-0.4, -0.2) is 11.1 Å². The van der Waals surface area contributed by atoms with Crippen LogP contribution in [0.2, 0.25) is 0 Å². The second kappa shape index (κ2) is 6.73. The molecule has 1 N–H and O–H groups in total. The van der Waals surface area contributed by atoms with Crippen molar-refractivity contribution in [3.05, 3.63) is 119 Å². The molecule has 4 rings (SSSR count). The minimum Gasteiger partial charge on any atom is -0.504 e. The summed E-state index contributed by atoms with van der Waals surface area (Å²) in [5.41, 5.74) is 3.23. The highest BCUT2D eigenvalue weighted by atomic mass is 16.6. The van der Waals surface area contributed by atoms with E-state index in [2.05, 4.69) is 0 Å². The number of aliphatic hydroxyl groups excluding tert-OH is 1. The maximum Gasteiger partial charge on any atom is 0.348 e. The molecule has 3 heteroatoms. The Labute approximate surface area is 151 Å². The largest absolute Gasteiger partial charge is 0.504 e. The van der Waals surface area contributed by atoms with Crippen LogP contribution in [-0.2, 0) is 9.53 Å². The van der Waals surface area contributed by atoms with E-state index in [0.29, 0.717) is 11.1 Å². The van der Waals surface area contributed by atoms with Gasteiger partial charge in [0.1, 0.15) is 5.57 Å². The van der Waals surface area contributed by atoms with E-state index >= 15 is 0 Å². The average Bonchev–Trinajstić information content (AvgIpc) is 2.98. The number of cyclic esters (lactones) is 1. The highest BCUT2D eigenvalue weighted by Gasteiger charge is 2.34. The van der Waals surface area contributed by atoms with Crippen molar-refractivity contribution >= 4 is 17.1 Å². The Balaban J connectivity index is 1.97. The molecule has 0 atom stereocenters. The van der Waals surface area contributed by atoms with Crippen LogP contribution in [0.4, 0.5) is 0 Å². The third-order valence-electron chi connectivity index (χ3n) is 4.27. The molecule has 0 amide bonds. The van der Waals surface area contributed by atoms with Crippen LogP contribution < -0.4 is 0 Å². The zero-order valence-corrected chi connectivity index (χ0v) is 13.9. The quantitative estimate of drug-likeness (QED) is 0.685. The van der Waals surface area contributed by atoms with Gasteiger partial charge in [0.15, 0.2) is 11.5 Å². The lowest BCUT2D eigenvalue weighted by Gasteiger charge is -2.11. The predicted octanol–water partition coefficient (Wildman–Crippen LogP) is 4.97. The number of benzene rings is 3. The first-order chi connectivity index (χ1) is 12.8. The van der Waals surface area contributed by atoms with Gasteiger partial charge in [-0.15, -0.1) is 0 Å².